The average molecular weight is 644 g/mol. The van der Waals surface area contributed by atoms with Gasteiger partial charge in [0.2, 0.25) is 0 Å². The standard InChI is InChI=1S/C44H25N3OS/c1-2-13-27-26(12-1)24-25-45-41(27)43-46-39-29-15-4-10-23-37(29)49-42(39)40(47-43)30-16-11-20-34-38(30)28-14-3-5-17-31(28)44(34)32-18-6-8-21-35(32)48-36-22-9-7-19-33(36)44/h1-25H. The minimum Gasteiger partial charge on any atom is -0.457 e. The van der Waals surface area contributed by atoms with Crippen LogP contribution in [0.15, 0.2) is 152 Å². The summed E-state index contributed by atoms with van der Waals surface area (Å²) in [6, 6.07) is 51.5. The second-order valence-corrected chi connectivity index (χ2v) is 13.7. The first kappa shape index (κ1) is 26.9. The molecule has 1 aliphatic carbocycles. The Balaban J connectivity index is 1.28. The quantitative estimate of drug-likeness (QED) is 0.188. The van der Waals surface area contributed by atoms with E-state index in [4.69, 9.17) is 19.7 Å². The van der Waals surface area contributed by atoms with E-state index in [0.717, 1.165) is 66.0 Å². The number of thiophene rings is 1. The number of pyridine rings is 1. The van der Waals surface area contributed by atoms with Crippen molar-refractivity contribution in [2.75, 3.05) is 0 Å². The summed E-state index contributed by atoms with van der Waals surface area (Å²) in [5.74, 6) is 2.39. The smallest absolute Gasteiger partial charge is 0.180 e. The molecule has 49 heavy (non-hydrogen) atoms. The summed E-state index contributed by atoms with van der Waals surface area (Å²) >= 11 is 1.76. The van der Waals surface area contributed by atoms with E-state index >= 15 is 0 Å². The summed E-state index contributed by atoms with van der Waals surface area (Å²) in [5, 5.41) is 3.28. The number of ether oxygens (including phenoxy) is 1. The Morgan fingerprint density at radius 2 is 1.16 bits per heavy atom. The van der Waals surface area contributed by atoms with Crippen molar-refractivity contribution in [2.24, 2.45) is 0 Å². The van der Waals surface area contributed by atoms with Gasteiger partial charge in [-0.15, -0.1) is 11.3 Å². The molecular weight excluding hydrogens is 619 g/mol. The molecule has 0 radical (unpaired) electrons. The molecule has 1 spiro atoms. The van der Waals surface area contributed by atoms with Gasteiger partial charge in [-0.2, -0.15) is 0 Å². The third kappa shape index (κ3) is 3.54. The van der Waals surface area contributed by atoms with E-state index in [0.29, 0.717) is 5.82 Å². The lowest BCUT2D eigenvalue weighted by atomic mass is 9.66. The molecule has 11 rings (SSSR count). The van der Waals surface area contributed by atoms with E-state index in [1.165, 1.54) is 27.0 Å². The summed E-state index contributed by atoms with van der Waals surface area (Å²) in [7, 11) is 0. The molecule has 0 saturated carbocycles. The number of hydrogen-bond donors (Lipinski definition) is 0. The number of benzene rings is 6. The molecule has 4 nitrogen and oxygen atoms in total. The Hall–Kier alpha value is -6.17. The fraction of sp³-hybridized carbons (Fsp3) is 0.0227. The van der Waals surface area contributed by atoms with Crippen molar-refractivity contribution in [3.63, 3.8) is 0 Å². The molecule has 5 heteroatoms. The first-order valence-corrected chi connectivity index (χ1v) is 17.3. The van der Waals surface area contributed by atoms with Crippen LogP contribution >= 0.6 is 11.3 Å². The minimum absolute atomic E-state index is 0.556. The number of hydrogen-bond acceptors (Lipinski definition) is 5. The third-order valence-electron chi connectivity index (χ3n) is 10.2. The number of rotatable bonds is 2. The van der Waals surface area contributed by atoms with Crippen molar-refractivity contribution >= 4 is 42.4 Å². The van der Waals surface area contributed by atoms with Gasteiger partial charge in [-0.3, -0.25) is 4.98 Å². The van der Waals surface area contributed by atoms with Crippen molar-refractivity contribution < 1.29 is 4.74 Å². The number of nitrogens with zero attached hydrogens (tertiary/aromatic N) is 3. The van der Waals surface area contributed by atoms with E-state index < -0.39 is 5.41 Å². The zero-order valence-corrected chi connectivity index (χ0v) is 26.9. The summed E-state index contributed by atoms with van der Waals surface area (Å²) in [4.78, 5) is 15.6. The van der Waals surface area contributed by atoms with Gasteiger partial charge in [0.25, 0.3) is 0 Å². The highest BCUT2D eigenvalue weighted by molar-refractivity contribution is 7.26. The molecular formula is C44H25N3OS. The highest BCUT2D eigenvalue weighted by Gasteiger charge is 2.51. The molecule has 0 saturated heterocycles. The molecule has 6 aromatic carbocycles. The third-order valence-corrected chi connectivity index (χ3v) is 11.4. The average Bonchev–Trinajstić information content (AvgIpc) is 3.69. The van der Waals surface area contributed by atoms with Gasteiger partial charge in [0.15, 0.2) is 5.82 Å². The lowest BCUT2D eigenvalue weighted by Gasteiger charge is -2.39. The van der Waals surface area contributed by atoms with Gasteiger partial charge >= 0.3 is 0 Å². The zero-order chi connectivity index (χ0) is 32.1. The molecule has 9 aromatic rings. The Labute approximate surface area is 286 Å². The molecule has 0 unspecified atom stereocenters. The van der Waals surface area contributed by atoms with Crippen molar-refractivity contribution in [1.29, 1.82) is 0 Å². The van der Waals surface area contributed by atoms with Gasteiger partial charge < -0.3 is 4.74 Å². The van der Waals surface area contributed by atoms with Crippen molar-refractivity contribution in [2.45, 2.75) is 5.41 Å². The molecule has 0 amide bonds. The van der Waals surface area contributed by atoms with Crippen LogP contribution < -0.4 is 4.74 Å². The monoisotopic (exact) mass is 643 g/mol. The van der Waals surface area contributed by atoms with Crippen LogP contribution in [-0.4, -0.2) is 15.0 Å². The number of aromatic nitrogens is 3. The Kier molecular flexibility index (Phi) is 5.44. The van der Waals surface area contributed by atoms with E-state index in [2.05, 4.69) is 140 Å². The fourth-order valence-electron chi connectivity index (χ4n) is 8.28. The van der Waals surface area contributed by atoms with Crippen LogP contribution in [0.1, 0.15) is 22.3 Å². The Morgan fingerprint density at radius 1 is 0.510 bits per heavy atom. The van der Waals surface area contributed by atoms with Crippen LogP contribution in [0.5, 0.6) is 11.5 Å². The number of fused-ring (bicyclic) bond motifs is 13. The lowest BCUT2D eigenvalue weighted by Crippen LogP contribution is -2.32. The van der Waals surface area contributed by atoms with Gasteiger partial charge in [0, 0.05) is 38.4 Å². The van der Waals surface area contributed by atoms with E-state index in [1.807, 2.05) is 12.3 Å². The summed E-state index contributed by atoms with van der Waals surface area (Å²) < 4.78 is 8.84. The maximum absolute atomic E-state index is 6.57. The van der Waals surface area contributed by atoms with Crippen LogP contribution in [0.2, 0.25) is 0 Å². The second kappa shape index (κ2) is 9.92. The summed E-state index contributed by atoms with van der Waals surface area (Å²) in [6.45, 7) is 0. The van der Waals surface area contributed by atoms with Gasteiger partial charge in [-0.05, 0) is 51.9 Å². The van der Waals surface area contributed by atoms with Crippen LogP contribution in [0, 0.1) is 0 Å². The Bertz CT molecular complexity index is 2790. The van der Waals surface area contributed by atoms with Gasteiger partial charge in [-0.25, -0.2) is 9.97 Å². The fourth-order valence-corrected chi connectivity index (χ4v) is 9.42. The molecule has 0 fully saturated rings. The first-order chi connectivity index (χ1) is 24.3. The molecule has 228 valence electrons. The van der Waals surface area contributed by atoms with Gasteiger partial charge in [0.1, 0.15) is 17.2 Å². The molecule has 4 heterocycles. The van der Waals surface area contributed by atoms with Crippen molar-refractivity contribution in [1.82, 2.24) is 15.0 Å². The topological polar surface area (TPSA) is 47.9 Å². The largest absolute Gasteiger partial charge is 0.457 e. The van der Waals surface area contributed by atoms with Gasteiger partial charge in [0.05, 0.1) is 21.3 Å². The lowest BCUT2D eigenvalue weighted by molar-refractivity contribution is 0.436. The molecule has 0 atom stereocenters. The van der Waals surface area contributed by atoms with Crippen LogP contribution in [-0.2, 0) is 5.41 Å². The molecule has 0 N–H and O–H groups in total. The molecule has 0 bridgehead atoms. The van der Waals surface area contributed by atoms with E-state index in [1.54, 1.807) is 11.3 Å². The summed E-state index contributed by atoms with van der Waals surface area (Å²) in [6.07, 6.45) is 1.86. The normalized spacial score (nSPS) is 13.6. The van der Waals surface area contributed by atoms with E-state index in [9.17, 15) is 0 Å². The molecule has 2 aliphatic rings. The zero-order valence-electron chi connectivity index (χ0n) is 26.1. The van der Waals surface area contributed by atoms with Crippen molar-refractivity contribution in [3.8, 4) is 45.4 Å². The predicted molar refractivity (Wildman–Crippen MR) is 198 cm³/mol. The van der Waals surface area contributed by atoms with Crippen LogP contribution in [0.4, 0.5) is 0 Å². The molecule has 1 aliphatic heterocycles. The number of para-hydroxylation sites is 2. The van der Waals surface area contributed by atoms with E-state index in [-0.39, 0.29) is 0 Å². The highest BCUT2D eigenvalue weighted by atomic mass is 32.1. The Morgan fingerprint density at radius 3 is 2.00 bits per heavy atom. The maximum atomic E-state index is 6.57. The molecule has 3 aromatic heterocycles. The highest BCUT2D eigenvalue weighted by Crippen LogP contribution is 2.63. The minimum atomic E-state index is -0.556. The first-order valence-electron chi connectivity index (χ1n) is 16.4. The second-order valence-electron chi connectivity index (χ2n) is 12.7. The summed E-state index contributed by atoms with van der Waals surface area (Å²) in [5.41, 5.74) is 10.4. The maximum Gasteiger partial charge on any atom is 0.180 e. The van der Waals surface area contributed by atoms with Crippen LogP contribution in [0.3, 0.4) is 0 Å². The van der Waals surface area contributed by atoms with Crippen molar-refractivity contribution in [3.05, 3.63) is 174 Å². The van der Waals surface area contributed by atoms with Crippen LogP contribution in [0.25, 0.3) is 65.0 Å². The predicted octanol–water partition coefficient (Wildman–Crippen LogP) is 11.2. The van der Waals surface area contributed by atoms with Gasteiger partial charge in [-0.1, -0.05) is 121 Å². The SMILES string of the molecule is c1ccc2c(c1)Oc1ccccc1C21c2ccccc2-c2c(-c3nc(-c4nccc5ccccc45)nc4c3sc3ccccc34)cccc21.